The zero-order chi connectivity index (χ0) is 14.3. The lowest BCUT2D eigenvalue weighted by Gasteiger charge is -2.30. The lowest BCUT2D eigenvalue weighted by Crippen LogP contribution is -2.42. The van der Waals surface area contributed by atoms with E-state index >= 15 is 0 Å². The second-order valence-electron chi connectivity index (χ2n) is 4.82. The number of carbonyl (C=O) groups excluding carboxylic acids is 2. The van der Waals surface area contributed by atoms with Gasteiger partial charge in [-0.3, -0.25) is 14.4 Å². The number of likely N-dealkylation sites (tertiary alicyclic amines) is 1. The van der Waals surface area contributed by atoms with E-state index in [1.165, 1.54) is 0 Å². The molecule has 0 spiro atoms. The van der Waals surface area contributed by atoms with Crippen LogP contribution in [0.2, 0.25) is 0 Å². The zero-order valence-electron chi connectivity index (χ0n) is 11.4. The van der Waals surface area contributed by atoms with Crippen LogP contribution in [0.3, 0.4) is 0 Å². The normalized spacial score (nSPS) is 19.0. The average Bonchev–Trinajstić information content (AvgIpc) is 2.39. The van der Waals surface area contributed by atoms with Crippen molar-refractivity contribution in [1.29, 1.82) is 0 Å². The van der Waals surface area contributed by atoms with Gasteiger partial charge in [0.15, 0.2) is 0 Å². The van der Waals surface area contributed by atoms with Crippen LogP contribution >= 0.6 is 0 Å². The third-order valence-electron chi connectivity index (χ3n) is 3.29. The van der Waals surface area contributed by atoms with Gasteiger partial charge >= 0.3 is 5.97 Å². The molecule has 108 valence electrons. The number of nitrogens with one attached hydrogen (secondary N) is 1. The fraction of sp³-hybridized carbons (Fsp3) is 0.769. The van der Waals surface area contributed by atoms with Gasteiger partial charge in [-0.05, 0) is 26.2 Å². The summed E-state index contributed by atoms with van der Waals surface area (Å²) in [5.41, 5.74) is 0. The minimum atomic E-state index is -0.833. The summed E-state index contributed by atoms with van der Waals surface area (Å²) >= 11 is 0. The van der Waals surface area contributed by atoms with Crippen molar-refractivity contribution in [2.45, 2.75) is 39.0 Å². The predicted molar refractivity (Wildman–Crippen MR) is 69.5 cm³/mol. The third-order valence-corrected chi connectivity index (χ3v) is 3.29. The maximum Gasteiger partial charge on any atom is 0.308 e. The Labute approximate surface area is 113 Å². The van der Waals surface area contributed by atoms with Crippen LogP contribution in [0.15, 0.2) is 0 Å². The van der Waals surface area contributed by atoms with Crippen LogP contribution in [-0.2, 0) is 14.4 Å². The van der Waals surface area contributed by atoms with E-state index in [2.05, 4.69) is 5.32 Å². The summed E-state index contributed by atoms with van der Waals surface area (Å²) in [6.07, 6.45) is 2.54. The van der Waals surface area contributed by atoms with Crippen LogP contribution in [0.4, 0.5) is 0 Å². The molecule has 1 atom stereocenters. The van der Waals surface area contributed by atoms with Crippen LogP contribution in [0, 0.1) is 5.92 Å². The maximum absolute atomic E-state index is 11.9. The summed E-state index contributed by atoms with van der Waals surface area (Å²) in [6.45, 7) is 3.38. The van der Waals surface area contributed by atoms with Crippen molar-refractivity contribution >= 4 is 17.8 Å². The molecule has 1 rings (SSSR count). The van der Waals surface area contributed by atoms with Crippen molar-refractivity contribution in [3.63, 3.8) is 0 Å². The summed E-state index contributed by atoms with van der Waals surface area (Å²) < 4.78 is 0. The van der Waals surface area contributed by atoms with Gasteiger partial charge in [-0.15, -0.1) is 0 Å². The minimum Gasteiger partial charge on any atom is -0.481 e. The number of nitrogens with zero attached hydrogens (tertiary/aromatic N) is 1. The van der Waals surface area contributed by atoms with E-state index in [4.69, 9.17) is 5.11 Å². The number of carbonyl (C=O) groups is 3. The van der Waals surface area contributed by atoms with Gasteiger partial charge in [-0.1, -0.05) is 0 Å². The molecule has 0 aromatic heterocycles. The minimum absolute atomic E-state index is 0.0441. The number of rotatable bonds is 6. The van der Waals surface area contributed by atoms with Crippen LogP contribution in [0.1, 0.15) is 39.0 Å². The van der Waals surface area contributed by atoms with Crippen LogP contribution in [0.5, 0.6) is 0 Å². The summed E-state index contributed by atoms with van der Waals surface area (Å²) in [4.78, 5) is 35.7. The molecule has 0 aromatic carbocycles. The van der Waals surface area contributed by atoms with Gasteiger partial charge in [-0.25, -0.2) is 0 Å². The molecule has 0 aliphatic carbocycles. The van der Waals surface area contributed by atoms with Gasteiger partial charge in [0, 0.05) is 32.5 Å². The van der Waals surface area contributed by atoms with Gasteiger partial charge in [0.2, 0.25) is 11.8 Å². The zero-order valence-corrected chi connectivity index (χ0v) is 11.4. The van der Waals surface area contributed by atoms with Gasteiger partial charge in [0.05, 0.1) is 5.92 Å². The molecule has 19 heavy (non-hydrogen) atoms. The van der Waals surface area contributed by atoms with E-state index in [1.807, 2.05) is 6.92 Å². The molecular weight excluding hydrogens is 248 g/mol. The first kappa shape index (κ1) is 15.5. The molecule has 1 aliphatic rings. The second-order valence-corrected chi connectivity index (χ2v) is 4.82. The smallest absolute Gasteiger partial charge is 0.308 e. The van der Waals surface area contributed by atoms with E-state index in [0.717, 1.165) is 6.42 Å². The highest BCUT2D eigenvalue weighted by Crippen LogP contribution is 2.17. The van der Waals surface area contributed by atoms with E-state index < -0.39 is 11.9 Å². The van der Waals surface area contributed by atoms with Crippen molar-refractivity contribution in [1.82, 2.24) is 10.2 Å². The number of piperidine rings is 1. The molecule has 0 aromatic rings. The Morgan fingerprint density at radius 1 is 1.32 bits per heavy atom. The SMILES string of the molecule is CCNC(=O)CCCC(=O)N1CCCC(C(=O)O)C1. The molecule has 1 saturated heterocycles. The Balaban J connectivity index is 2.29. The fourth-order valence-corrected chi connectivity index (χ4v) is 2.25. The highest BCUT2D eigenvalue weighted by Gasteiger charge is 2.27. The second kappa shape index (κ2) is 7.76. The largest absolute Gasteiger partial charge is 0.481 e. The van der Waals surface area contributed by atoms with E-state index in [1.54, 1.807) is 4.90 Å². The van der Waals surface area contributed by atoms with Gasteiger partial charge in [0.25, 0.3) is 0 Å². The monoisotopic (exact) mass is 270 g/mol. The molecule has 2 amide bonds. The number of amides is 2. The first-order valence-corrected chi connectivity index (χ1v) is 6.81. The highest BCUT2D eigenvalue weighted by atomic mass is 16.4. The van der Waals surface area contributed by atoms with E-state index in [0.29, 0.717) is 45.3 Å². The lowest BCUT2D eigenvalue weighted by atomic mass is 9.98. The molecule has 1 unspecified atom stereocenters. The first-order valence-electron chi connectivity index (χ1n) is 6.81. The molecule has 1 fully saturated rings. The Morgan fingerprint density at radius 3 is 2.68 bits per heavy atom. The maximum atomic E-state index is 11.9. The number of aliphatic carboxylic acids is 1. The lowest BCUT2D eigenvalue weighted by molar-refractivity contribution is -0.145. The van der Waals surface area contributed by atoms with Crippen LogP contribution < -0.4 is 5.32 Å². The average molecular weight is 270 g/mol. The molecule has 1 heterocycles. The number of carboxylic acids is 1. The molecule has 0 radical (unpaired) electrons. The molecule has 0 bridgehead atoms. The molecule has 1 aliphatic heterocycles. The van der Waals surface area contributed by atoms with Crippen molar-refractivity contribution < 1.29 is 19.5 Å². The van der Waals surface area contributed by atoms with Crippen molar-refractivity contribution in [2.24, 2.45) is 5.92 Å². The quantitative estimate of drug-likeness (QED) is 0.740. The number of hydrogen-bond acceptors (Lipinski definition) is 3. The first-order chi connectivity index (χ1) is 9.04. The van der Waals surface area contributed by atoms with Crippen molar-refractivity contribution in [2.75, 3.05) is 19.6 Å². The Morgan fingerprint density at radius 2 is 2.05 bits per heavy atom. The van der Waals surface area contributed by atoms with Crippen LogP contribution in [0.25, 0.3) is 0 Å². The Bertz CT molecular complexity index is 344. The van der Waals surface area contributed by atoms with Crippen molar-refractivity contribution in [3.05, 3.63) is 0 Å². The number of carboxylic acid groups (broad SMARTS) is 1. The fourth-order valence-electron chi connectivity index (χ4n) is 2.25. The summed E-state index contributed by atoms with van der Waals surface area (Å²) in [5, 5.41) is 11.6. The Hall–Kier alpha value is -1.59. The molecule has 2 N–H and O–H groups in total. The summed E-state index contributed by atoms with van der Waals surface area (Å²) in [6, 6.07) is 0. The Kier molecular flexibility index (Phi) is 6.32. The predicted octanol–water partition coefficient (Wildman–Crippen LogP) is 0.616. The summed E-state index contributed by atoms with van der Waals surface area (Å²) in [7, 11) is 0. The molecule has 0 saturated carbocycles. The molecular formula is C13H22N2O4. The van der Waals surface area contributed by atoms with Gasteiger partial charge in [-0.2, -0.15) is 0 Å². The molecule has 6 heteroatoms. The van der Waals surface area contributed by atoms with Crippen LogP contribution in [-0.4, -0.2) is 47.4 Å². The van der Waals surface area contributed by atoms with Gasteiger partial charge < -0.3 is 15.3 Å². The molecule has 6 nitrogen and oxygen atoms in total. The van der Waals surface area contributed by atoms with Gasteiger partial charge in [0.1, 0.15) is 0 Å². The third kappa shape index (κ3) is 5.28. The van der Waals surface area contributed by atoms with E-state index in [-0.39, 0.29) is 11.8 Å². The highest BCUT2D eigenvalue weighted by molar-refractivity contribution is 5.79. The number of hydrogen-bond donors (Lipinski definition) is 2. The summed E-state index contributed by atoms with van der Waals surface area (Å²) in [5.74, 6) is -1.37. The van der Waals surface area contributed by atoms with Crippen molar-refractivity contribution in [3.8, 4) is 0 Å². The van der Waals surface area contributed by atoms with E-state index in [9.17, 15) is 14.4 Å². The topological polar surface area (TPSA) is 86.7 Å². The standard InChI is InChI=1S/C13H22N2O4/c1-2-14-11(16)6-3-7-12(17)15-8-4-5-10(9-15)13(18)19/h10H,2-9H2,1H3,(H,14,16)(H,18,19).